The third-order valence-electron chi connectivity index (χ3n) is 4.50. The van der Waals surface area contributed by atoms with Crippen LogP contribution in [0.4, 0.5) is 5.69 Å². The maximum Gasteiger partial charge on any atom is 0.269 e. The van der Waals surface area contributed by atoms with Crippen molar-refractivity contribution in [3.63, 3.8) is 0 Å². The number of aromatic nitrogens is 4. The predicted molar refractivity (Wildman–Crippen MR) is 119 cm³/mol. The molecule has 0 aliphatic carbocycles. The van der Waals surface area contributed by atoms with E-state index in [2.05, 4.69) is 25.9 Å². The number of carbonyl (C=O) groups is 2. The van der Waals surface area contributed by atoms with Gasteiger partial charge in [0, 0.05) is 37.5 Å². The van der Waals surface area contributed by atoms with Gasteiger partial charge in [0.1, 0.15) is 22.9 Å². The molecule has 0 atom stereocenters. The summed E-state index contributed by atoms with van der Waals surface area (Å²) >= 11 is 0. The van der Waals surface area contributed by atoms with Crippen molar-refractivity contribution in [3.8, 4) is 28.4 Å². The van der Waals surface area contributed by atoms with E-state index in [1.165, 1.54) is 13.1 Å². The molecule has 9 heteroatoms. The summed E-state index contributed by atoms with van der Waals surface area (Å²) in [4.78, 5) is 27.0. The van der Waals surface area contributed by atoms with Crippen molar-refractivity contribution >= 4 is 17.5 Å². The van der Waals surface area contributed by atoms with Gasteiger partial charge in [-0.3, -0.25) is 14.6 Å². The van der Waals surface area contributed by atoms with Crippen LogP contribution in [0, 0.1) is 0 Å². The number of nitrogens with zero attached hydrogens (tertiary/aromatic N) is 4. The smallest absolute Gasteiger partial charge is 0.269 e. The minimum absolute atomic E-state index is 0.135. The molecule has 0 bridgehead atoms. The zero-order chi connectivity index (χ0) is 22.5. The third-order valence-corrected chi connectivity index (χ3v) is 4.50. The summed E-state index contributed by atoms with van der Waals surface area (Å²) in [6.07, 6.45) is 3.33. The van der Waals surface area contributed by atoms with Crippen LogP contribution in [0.15, 0.2) is 73.1 Å². The Morgan fingerprint density at radius 2 is 1.81 bits per heavy atom. The van der Waals surface area contributed by atoms with Gasteiger partial charge in [-0.1, -0.05) is 17.3 Å². The molecule has 32 heavy (non-hydrogen) atoms. The lowest BCUT2D eigenvalue weighted by Gasteiger charge is -2.08. The quantitative estimate of drug-likeness (QED) is 0.487. The fourth-order valence-electron chi connectivity index (χ4n) is 3.01. The summed E-state index contributed by atoms with van der Waals surface area (Å²) in [5, 5.41) is 13.7. The average Bonchev–Trinajstić information content (AvgIpc) is 3.29. The van der Waals surface area contributed by atoms with Crippen molar-refractivity contribution in [1.82, 2.24) is 25.3 Å². The molecule has 0 aliphatic heterocycles. The molecule has 0 saturated carbocycles. The molecule has 2 heterocycles. The molecule has 2 aromatic carbocycles. The lowest BCUT2D eigenvalue weighted by atomic mass is 10.1. The number of anilines is 1. The fraction of sp³-hybridized carbons (Fsp3) is 0.0870. The van der Waals surface area contributed by atoms with Gasteiger partial charge in [-0.2, -0.15) is 0 Å². The van der Waals surface area contributed by atoms with Gasteiger partial charge >= 0.3 is 0 Å². The van der Waals surface area contributed by atoms with E-state index in [1.54, 1.807) is 42.2 Å². The number of nitrogens with one attached hydrogen (secondary N) is 2. The molecule has 4 aromatic rings. The van der Waals surface area contributed by atoms with Gasteiger partial charge in [-0.05, 0) is 42.5 Å². The van der Waals surface area contributed by atoms with Crippen LogP contribution in [-0.2, 0) is 4.79 Å². The maximum atomic E-state index is 11.7. The molecule has 9 nitrogen and oxygen atoms in total. The topological polar surface area (TPSA) is 111 Å². The second-order valence-electron chi connectivity index (χ2n) is 6.86. The van der Waals surface area contributed by atoms with Gasteiger partial charge in [0.05, 0.1) is 11.9 Å². The molecule has 4 rings (SSSR count). The number of ether oxygens (including phenoxy) is 1. The Kier molecular flexibility index (Phi) is 5.89. The first-order valence-corrected chi connectivity index (χ1v) is 9.78. The van der Waals surface area contributed by atoms with Crippen molar-refractivity contribution in [2.24, 2.45) is 0 Å². The van der Waals surface area contributed by atoms with E-state index in [4.69, 9.17) is 4.74 Å². The summed E-state index contributed by atoms with van der Waals surface area (Å²) < 4.78 is 7.48. The first-order chi connectivity index (χ1) is 15.5. The number of rotatable bonds is 6. The zero-order valence-corrected chi connectivity index (χ0v) is 17.4. The number of carbonyl (C=O) groups excluding carboxylic acids is 2. The van der Waals surface area contributed by atoms with Crippen LogP contribution in [0.2, 0.25) is 0 Å². The molecule has 160 valence electrons. The third kappa shape index (κ3) is 4.78. The Labute approximate surface area is 184 Å². The SMILES string of the molecule is CNC(=O)c1cc(Oc2ccc(-n3cc(-c4cccc(NC(C)=O)c4)nn3)cc2)ccn1. The Bertz CT molecular complexity index is 1270. The van der Waals surface area contributed by atoms with Gasteiger partial charge in [0.25, 0.3) is 5.91 Å². The van der Waals surface area contributed by atoms with E-state index in [9.17, 15) is 9.59 Å². The Balaban J connectivity index is 1.49. The largest absolute Gasteiger partial charge is 0.457 e. The number of benzene rings is 2. The van der Waals surface area contributed by atoms with E-state index in [-0.39, 0.29) is 17.5 Å². The van der Waals surface area contributed by atoms with Gasteiger partial charge in [0.2, 0.25) is 5.91 Å². The highest BCUT2D eigenvalue weighted by Crippen LogP contribution is 2.24. The molecule has 2 amide bonds. The monoisotopic (exact) mass is 428 g/mol. The molecule has 0 aliphatic rings. The first kappa shape index (κ1) is 20.7. The highest BCUT2D eigenvalue weighted by molar-refractivity contribution is 5.92. The number of hydrogen-bond acceptors (Lipinski definition) is 6. The molecule has 2 aromatic heterocycles. The van der Waals surface area contributed by atoms with Crippen LogP contribution in [0.3, 0.4) is 0 Å². The fourth-order valence-corrected chi connectivity index (χ4v) is 3.01. The van der Waals surface area contributed by atoms with Gasteiger partial charge < -0.3 is 15.4 Å². The molecule has 0 fully saturated rings. The summed E-state index contributed by atoms with van der Waals surface area (Å²) in [6, 6.07) is 18.0. The van der Waals surface area contributed by atoms with E-state index < -0.39 is 0 Å². The van der Waals surface area contributed by atoms with Gasteiger partial charge in [0.15, 0.2) is 0 Å². The van der Waals surface area contributed by atoms with Crippen LogP contribution in [0.25, 0.3) is 16.9 Å². The van der Waals surface area contributed by atoms with E-state index >= 15 is 0 Å². The minimum atomic E-state index is -0.282. The van der Waals surface area contributed by atoms with Gasteiger partial charge in [-0.15, -0.1) is 5.10 Å². The van der Waals surface area contributed by atoms with Crippen LogP contribution in [-0.4, -0.2) is 38.8 Å². The standard InChI is InChI=1S/C23H20N6O3/c1-15(30)26-17-5-3-4-16(12-17)22-14-29(28-27-22)18-6-8-19(9-7-18)32-20-10-11-25-21(13-20)23(31)24-2/h3-14H,1-2H3,(H,24,31)(H,26,30). The van der Waals surface area contributed by atoms with Crippen molar-refractivity contribution in [2.75, 3.05) is 12.4 Å². The van der Waals surface area contributed by atoms with Crippen molar-refractivity contribution in [3.05, 3.63) is 78.8 Å². The Hall–Kier alpha value is -4.53. The molecule has 0 radical (unpaired) electrons. The van der Waals surface area contributed by atoms with Crippen LogP contribution < -0.4 is 15.4 Å². The lowest BCUT2D eigenvalue weighted by Crippen LogP contribution is -2.18. The normalized spacial score (nSPS) is 10.4. The second kappa shape index (κ2) is 9.09. The Morgan fingerprint density at radius 1 is 1.00 bits per heavy atom. The highest BCUT2D eigenvalue weighted by atomic mass is 16.5. The molecule has 0 saturated heterocycles. The number of pyridine rings is 1. The number of amides is 2. The summed E-state index contributed by atoms with van der Waals surface area (Å²) in [7, 11) is 1.55. The average molecular weight is 428 g/mol. The molecule has 0 unspecified atom stereocenters. The molecular formula is C23H20N6O3. The van der Waals surface area contributed by atoms with Crippen molar-refractivity contribution in [2.45, 2.75) is 6.92 Å². The highest BCUT2D eigenvalue weighted by Gasteiger charge is 2.09. The zero-order valence-electron chi connectivity index (χ0n) is 17.4. The van der Waals surface area contributed by atoms with Crippen molar-refractivity contribution < 1.29 is 14.3 Å². The van der Waals surface area contributed by atoms with Crippen LogP contribution >= 0.6 is 0 Å². The van der Waals surface area contributed by atoms with Crippen LogP contribution in [0.5, 0.6) is 11.5 Å². The predicted octanol–water partition coefficient (Wildman–Crippen LogP) is 3.44. The summed E-state index contributed by atoms with van der Waals surface area (Å²) in [5.41, 5.74) is 3.29. The van der Waals surface area contributed by atoms with E-state index in [0.29, 0.717) is 22.9 Å². The number of hydrogen-bond donors (Lipinski definition) is 2. The lowest BCUT2D eigenvalue weighted by molar-refractivity contribution is -0.114. The van der Waals surface area contributed by atoms with Crippen molar-refractivity contribution in [1.29, 1.82) is 0 Å². The first-order valence-electron chi connectivity index (χ1n) is 9.78. The minimum Gasteiger partial charge on any atom is -0.457 e. The summed E-state index contributed by atoms with van der Waals surface area (Å²) in [5.74, 6) is 0.694. The van der Waals surface area contributed by atoms with E-state index in [1.807, 2.05) is 36.4 Å². The summed E-state index contributed by atoms with van der Waals surface area (Å²) in [6.45, 7) is 1.46. The molecule has 0 spiro atoms. The second-order valence-corrected chi connectivity index (χ2v) is 6.86. The van der Waals surface area contributed by atoms with Crippen LogP contribution in [0.1, 0.15) is 17.4 Å². The Morgan fingerprint density at radius 3 is 2.56 bits per heavy atom. The van der Waals surface area contributed by atoms with E-state index in [0.717, 1.165) is 11.3 Å². The van der Waals surface area contributed by atoms with Gasteiger partial charge in [-0.25, -0.2) is 4.68 Å². The molecule has 2 N–H and O–H groups in total. The molecular weight excluding hydrogens is 408 g/mol. The maximum absolute atomic E-state index is 11.7.